The number of carbonyl (C=O) groups excluding carboxylic acids is 3. The van der Waals surface area contributed by atoms with E-state index in [1.807, 2.05) is 51.1 Å². The molecule has 0 aromatic heterocycles. The Labute approximate surface area is 164 Å². The highest BCUT2D eigenvalue weighted by molar-refractivity contribution is 6.00. The Balaban J connectivity index is 1.54. The van der Waals surface area contributed by atoms with Crippen molar-refractivity contribution in [3.8, 4) is 0 Å². The fraction of sp³-hybridized carbons (Fsp3) is 0.318. The molecular weight excluding hydrogens is 356 g/mol. The maximum Gasteiger partial charge on any atom is 0.311 e. The average molecular weight is 380 g/mol. The summed E-state index contributed by atoms with van der Waals surface area (Å²) in [6, 6.07) is 13.2. The van der Waals surface area contributed by atoms with E-state index in [0.29, 0.717) is 5.69 Å². The number of esters is 1. The molecule has 1 heterocycles. The van der Waals surface area contributed by atoms with Crippen LogP contribution >= 0.6 is 0 Å². The van der Waals surface area contributed by atoms with Crippen LogP contribution in [-0.2, 0) is 19.1 Å². The molecule has 0 bridgehead atoms. The number of hydrogen-bond acceptors (Lipinski definition) is 4. The molecule has 28 heavy (non-hydrogen) atoms. The van der Waals surface area contributed by atoms with E-state index in [4.69, 9.17) is 4.74 Å². The van der Waals surface area contributed by atoms with Gasteiger partial charge in [0, 0.05) is 24.3 Å². The summed E-state index contributed by atoms with van der Waals surface area (Å²) in [5.74, 6) is -1.62. The number of nitrogens with zero attached hydrogens (tertiary/aromatic N) is 1. The van der Waals surface area contributed by atoms with E-state index in [0.717, 1.165) is 22.4 Å². The molecule has 0 saturated carbocycles. The van der Waals surface area contributed by atoms with Crippen molar-refractivity contribution >= 4 is 29.2 Å². The van der Waals surface area contributed by atoms with Crippen molar-refractivity contribution in [2.75, 3.05) is 23.4 Å². The van der Waals surface area contributed by atoms with Crippen molar-refractivity contribution < 1.29 is 19.1 Å². The van der Waals surface area contributed by atoms with Gasteiger partial charge in [-0.05, 0) is 56.2 Å². The fourth-order valence-corrected chi connectivity index (χ4v) is 3.31. The first-order chi connectivity index (χ1) is 13.3. The summed E-state index contributed by atoms with van der Waals surface area (Å²) in [4.78, 5) is 38.3. The molecule has 1 saturated heterocycles. The molecule has 0 unspecified atom stereocenters. The van der Waals surface area contributed by atoms with Gasteiger partial charge in [-0.25, -0.2) is 0 Å². The Morgan fingerprint density at radius 2 is 1.68 bits per heavy atom. The van der Waals surface area contributed by atoms with E-state index < -0.39 is 17.8 Å². The van der Waals surface area contributed by atoms with Crippen LogP contribution in [0.1, 0.15) is 23.1 Å². The highest BCUT2D eigenvalue weighted by Gasteiger charge is 2.36. The van der Waals surface area contributed by atoms with Crippen LogP contribution in [0.15, 0.2) is 42.5 Å². The molecular formula is C22H24N2O4. The topological polar surface area (TPSA) is 75.7 Å². The Hall–Kier alpha value is -3.15. The molecule has 3 rings (SSSR count). The first kappa shape index (κ1) is 19.6. The van der Waals surface area contributed by atoms with Crippen molar-refractivity contribution in [3.05, 3.63) is 59.2 Å². The van der Waals surface area contributed by atoms with Gasteiger partial charge in [0.05, 0.1) is 5.92 Å². The van der Waals surface area contributed by atoms with Crippen molar-refractivity contribution in [1.29, 1.82) is 0 Å². The fourth-order valence-electron chi connectivity index (χ4n) is 3.31. The van der Waals surface area contributed by atoms with Gasteiger partial charge in [0.15, 0.2) is 6.61 Å². The summed E-state index contributed by atoms with van der Waals surface area (Å²) in [6.07, 6.45) is 0.0887. The number of rotatable bonds is 5. The van der Waals surface area contributed by atoms with Gasteiger partial charge >= 0.3 is 5.97 Å². The lowest BCUT2D eigenvalue weighted by molar-refractivity contribution is -0.151. The molecule has 6 nitrogen and oxygen atoms in total. The summed E-state index contributed by atoms with van der Waals surface area (Å²) in [7, 11) is 0. The number of amides is 2. The number of ether oxygens (including phenoxy) is 1. The second kappa shape index (κ2) is 8.25. The van der Waals surface area contributed by atoms with Crippen molar-refractivity contribution in [2.45, 2.75) is 27.2 Å². The van der Waals surface area contributed by atoms with Gasteiger partial charge in [-0.3, -0.25) is 14.4 Å². The Morgan fingerprint density at radius 1 is 1.04 bits per heavy atom. The number of aryl methyl sites for hydroxylation is 3. The SMILES string of the molecule is Cc1ccc(NC(=O)COC(=O)[C@@H]2CC(=O)N(c3cc(C)cc(C)c3)C2)cc1. The standard InChI is InChI=1S/C22H24N2O4/c1-14-4-6-18(7-5-14)23-20(25)13-28-22(27)17-11-21(26)24(12-17)19-9-15(2)8-16(3)10-19/h4-10,17H,11-13H2,1-3H3,(H,23,25)/t17-/m1/s1. The third kappa shape index (κ3) is 4.76. The van der Waals surface area contributed by atoms with Crippen LogP contribution < -0.4 is 10.2 Å². The second-order valence-corrected chi connectivity index (χ2v) is 7.27. The monoisotopic (exact) mass is 380 g/mol. The molecule has 1 atom stereocenters. The molecule has 2 amide bonds. The largest absolute Gasteiger partial charge is 0.455 e. The predicted octanol–water partition coefficient (Wildman–Crippen LogP) is 3.15. The first-order valence-corrected chi connectivity index (χ1v) is 9.23. The third-order valence-electron chi connectivity index (χ3n) is 4.66. The third-order valence-corrected chi connectivity index (χ3v) is 4.66. The van der Waals surface area contributed by atoms with Gasteiger partial charge in [0.2, 0.25) is 5.91 Å². The molecule has 6 heteroatoms. The number of benzene rings is 2. The lowest BCUT2D eigenvalue weighted by Crippen LogP contribution is -2.28. The predicted molar refractivity (Wildman–Crippen MR) is 107 cm³/mol. The Morgan fingerprint density at radius 3 is 2.32 bits per heavy atom. The minimum Gasteiger partial charge on any atom is -0.455 e. The molecule has 0 radical (unpaired) electrons. The number of carbonyl (C=O) groups is 3. The van der Waals surface area contributed by atoms with Gasteiger partial charge in [0.25, 0.3) is 5.91 Å². The minimum absolute atomic E-state index is 0.0887. The van der Waals surface area contributed by atoms with Crippen LogP contribution in [0.3, 0.4) is 0 Å². The van der Waals surface area contributed by atoms with Crippen LogP contribution in [0.5, 0.6) is 0 Å². The van der Waals surface area contributed by atoms with E-state index in [9.17, 15) is 14.4 Å². The van der Waals surface area contributed by atoms with Crippen molar-refractivity contribution in [3.63, 3.8) is 0 Å². The van der Waals surface area contributed by atoms with Crippen molar-refractivity contribution in [1.82, 2.24) is 0 Å². The number of nitrogens with one attached hydrogen (secondary N) is 1. The molecule has 1 aliphatic rings. The van der Waals surface area contributed by atoms with Crippen LogP contribution in [-0.4, -0.2) is 30.9 Å². The van der Waals surface area contributed by atoms with Gasteiger partial charge in [-0.2, -0.15) is 0 Å². The second-order valence-electron chi connectivity index (χ2n) is 7.27. The Bertz CT molecular complexity index is 885. The smallest absolute Gasteiger partial charge is 0.311 e. The van der Waals surface area contributed by atoms with E-state index in [1.54, 1.807) is 17.0 Å². The summed E-state index contributed by atoms with van der Waals surface area (Å²) in [5, 5.41) is 2.68. The van der Waals surface area contributed by atoms with Crippen LogP contribution in [0.2, 0.25) is 0 Å². The zero-order valence-corrected chi connectivity index (χ0v) is 16.3. The molecule has 1 fully saturated rings. The zero-order valence-electron chi connectivity index (χ0n) is 16.3. The van der Waals surface area contributed by atoms with E-state index in [1.165, 1.54) is 0 Å². The molecule has 0 aliphatic carbocycles. The molecule has 0 spiro atoms. The van der Waals surface area contributed by atoms with Crippen LogP contribution in [0, 0.1) is 26.7 Å². The first-order valence-electron chi connectivity index (χ1n) is 9.23. The van der Waals surface area contributed by atoms with E-state index >= 15 is 0 Å². The molecule has 146 valence electrons. The van der Waals surface area contributed by atoms with Gasteiger partial charge < -0.3 is 15.0 Å². The van der Waals surface area contributed by atoms with Crippen LogP contribution in [0.4, 0.5) is 11.4 Å². The number of hydrogen-bond donors (Lipinski definition) is 1. The maximum absolute atomic E-state index is 12.4. The molecule has 2 aromatic carbocycles. The summed E-state index contributed by atoms with van der Waals surface area (Å²) < 4.78 is 5.13. The van der Waals surface area contributed by atoms with E-state index in [2.05, 4.69) is 5.32 Å². The molecule has 1 N–H and O–H groups in total. The summed E-state index contributed by atoms with van der Waals surface area (Å²) >= 11 is 0. The highest BCUT2D eigenvalue weighted by atomic mass is 16.5. The summed E-state index contributed by atoms with van der Waals surface area (Å²) in [6.45, 7) is 5.78. The minimum atomic E-state index is -0.569. The maximum atomic E-state index is 12.4. The normalized spacial score (nSPS) is 16.2. The van der Waals surface area contributed by atoms with Gasteiger partial charge in [0.1, 0.15) is 0 Å². The van der Waals surface area contributed by atoms with E-state index in [-0.39, 0.29) is 25.5 Å². The lowest BCUT2D eigenvalue weighted by atomic mass is 10.1. The lowest BCUT2D eigenvalue weighted by Gasteiger charge is -2.18. The molecule has 2 aromatic rings. The van der Waals surface area contributed by atoms with Gasteiger partial charge in [-0.1, -0.05) is 23.8 Å². The highest BCUT2D eigenvalue weighted by Crippen LogP contribution is 2.27. The Kier molecular flexibility index (Phi) is 5.78. The quantitative estimate of drug-likeness (QED) is 0.809. The summed E-state index contributed by atoms with van der Waals surface area (Å²) in [5.41, 5.74) is 4.63. The van der Waals surface area contributed by atoms with Crippen LogP contribution in [0.25, 0.3) is 0 Å². The van der Waals surface area contributed by atoms with Crippen molar-refractivity contribution in [2.24, 2.45) is 5.92 Å². The average Bonchev–Trinajstić information content (AvgIpc) is 3.03. The zero-order chi connectivity index (χ0) is 20.3. The van der Waals surface area contributed by atoms with Gasteiger partial charge in [-0.15, -0.1) is 0 Å². The molecule has 1 aliphatic heterocycles. The number of anilines is 2.